The number of likely N-dealkylation sites (N-methyl/N-ethyl adjacent to an activating group) is 1. The first-order chi connectivity index (χ1) is 9.11. The van der Waals surface area contributed by atoms with E-state index >= 15 is 0 Å². The second-order valence-electron chi connectivity index (χ2n) is 5.19. The smallest absolute Gasteiger partial charge is 0.128 e. The van der Waals surface area contributed by atoms with E-state index in [0.29, 0.717) is 11.6 Å². The molecule has 5 nitrogen and oxygen atoms in total. The first kappa shape index (κ1) is 13.8. The van der Waals surface area contributed by atoms with E-state index < -0.39 is 0 Å². The van der Waals surface area contributed by atoms with Gasteiger partial charge in [0.05, 0.1) is 0 Å². The zero-order valence-electron chi connectivity index (χ0n) is 11.8. The van der Waals surface area contributed by atoms with Crippen LogP contribution in [0.15, 0.2) is 18.3 Å². The largest absolute Gasteiger partial charge is 0.384 e. The Morgan fingerprint density at radius 1 is 1.47 bits per heavy atom. The van der Waals surface area contributed by atoms with Gasteiger partial charge in [-0.2, -0.15) is 0 Å². The van der Waals surface area contributed by atoms with E-state index in [1.54, 1.807) is 6.20 Å². The first-order valence-corrected chi connectivity index (χ1v) is 6.87. The maximum absolute atomic E-state index is 7.41. The molecule has 0 radical (unpaired) electrons. The summed E-state index contributed by atoms with van der Waals surface area (Å²) >= 11 is 0. The first-order valence-electron chi connectivity index (χ1n) is 6.87. The molecule has 19 heavy (non-hydrogen) atoms. The summed E-state index contributed by atoms with van der Waals surface area (Å²) in [5.41, 5.74) is 6.15. The number of anilines is 1. The Labute approximate surface area is 114 Å². The molecule has 1 aliphatic rings. The van der Waals surface area contributed by atoms with E-state index in [4.69, 9.17) is 11.1 Å². The van der Waals surface area contributed by atoms with Gasteiger partial charge in [-0.1, -0.05) is 6.92 Å². The average molecular weight is 261 g/mol. The van der Waals surface area contributed by atoms with Gasteiger partial charge >= 0.3 is 0 Å². The minimum atomic E-state index is 0.0710. The highest BCUT2D eigenvalue weighted by molar-refractivity contribution is 5.94. The van der Waals surface area contributed by atoms with Crippen LogP contribution >= 0.6 is 0 Å². The van der Waals surface area contributed by atoms with Gasteiger partial charge in [0, 0.05) is 30.9 Å². The third kappa shape index (κ3) is 3.23. The van der Waals surface area contributed by atoms with Crippen LogP contribution in [0.3, 0.4) is 0 Å². The molecule has 1 unspecified atom stereocenters. The maximum atomic E-state index is 7.41. The number of pyridine rings is 1. The molecule has 1 atom stereocenters. The Morgan fingerprint density at radius 3 is 2.84 bits per heavy atom. The molecule has 0 spiro atoms. The van der Waals surface area contributed by atoms with Gasteiger partial charge in [0.2, 0.25) is 0 Å². The van der Waals surface area contributed by atoms with Gasteiger partial charge in [-0.3, -0.25) is 5.41 Å². The fourth-order valence-corrected chi connectivity index (χ4v) is 2.61. The van der Waals surface area contributed by atoms with Crippen molar-refractivity contribution in [1.82, 2.24) is 9.88 Å². The minimum Gasteiger partial charge on any atom is -0.384 e. The topological polar surface area (TPSA) is 69.2 Å². The van der Waals surface area contributed by atoms with Crippen molar-refractivity contribution in [2.24, 2.45) is 5.73 Å². The fraction of sp³-hybridized carbons (Fsp3) is 0.571. The number of nitrogens with one attached hydrogen (secondary N) is 1. The molecule has 2 rings (SSSR count). The SMILES string of the molecule is CCC1CN(C)CCCN1c1ccc(C(=N)N)cn1. The van der Waals surface area contributed by atoms with Crippen molar-refractivity contribution < 1.29 is 0 Å². The summed E-state index contributed by atoms with van der Waals surface area (Å²) in [6, 6.07) is 4.36. The average Bonchev–Trinajstić information content (AvgIpc) is 2.60. The summed E-state index contributed by atoms with van der Waals surface area (Å²) in [6.07, 6.45) is 3.96. The molecule has 1 aromatic rings. The van der Waals surface area contributed by atoms with Crippen LogP contribution in [0.25, 0.3) is 0 Å². The van der Waals surface area contributed by atoms with Crippen LogP contribution in [-0.4, -0.2) is 48.4 Å². The monoisotopic (exact) mass is 261 g/mol. The molecular weight excluding hydrogens is 238 g/mol. The van der Waals surface area contributed by atoms with E-state index in [1.807, 2.05) is 12.1 Å². The molecular formula is C14H23N5. The van der Waals surface area contributed by atoms with Crippen LogP contribution in [0.1, 0.15) is 25.3 Å². The highest BCUT2D eigenvalue weighted by Gasteiger charge is 2.22. The lowest BCUT2D eigenvalue weighted by Crippen LogP contribution is -2.40. The number of aromatic nitrogens is 1. The number of hydrogen-bond donors (Lipinski definition) is 2. The predicted octanol–water partition coefficient (Wildman–Crippen LogP) is 1.29. The second kappa shape index (κ2) is 6.02. The number of amidine groups is 1. The van der Waals surface area contributed by atoms with Crippen molar-refractivity contribution in [3.8, 4) is 0 Å². The zero-order valence-corrected chi connectivity index (χ0v) is 11.8. The van der Waals surface area contributed by atoms with Crippen molar-refractivity contribution in [2.75, 3.05) is 31.6 Å². The zero-order chi connectivity index (χ0) is 13.8. The molecule has 3 N–H and O–H groups in total. The molecule has 1 saturated heterocycles. The molecule has 1 fully saturated rings. The molecule has 0 saturated carbocycles. The van der Waals surface area contributed by atoms with Crippen LogP contribution in [0, 0.1) is 5.41 Å². The lowest BCUT2D eigenvalue weighted by molar-refractivity contribution is 0.327. The number of rotatable bonds is 3. The van der Waals surface area contributed by atoms with Crippen LogP contribution in [-0.2, 0) is 0 Å². The predicted molar refractivity (Wildman–Crippen MR) is 78.8 cm³/mol. The van der Waals surface area contributed by atoms with Gasteiger partial charge in [-0.05, 0) is 38.6 Å². The summed E-state index contributed by atoms with van der Waals surface area (Å²) in [4.78, 5) is 9.24. The van der Waals surface area contributed by atoms with Crippen molar-refractivity contribution in [3.63, 3.8) is 0 Å². The normalized spacial score (nSPS) is 21.2. The maximum Gasteiger partial charge on any atom is 0.128 e. The van der Waals surface area contributed by atoms with E-state index in [2.05, 4.69) is 28.8 Å². The second-order valence-corrected chi connectivity index (χ2v) is 5.19. The highest BCUT2D eigenvalue weighted by Crippen LogP contribution is 2.20. The van der Waals surface area contributed by atoms with Gasteiger partial charge in [0.25, 0.3) is 0 Å². The van der Waals surface area contributed by atoms with Crippen LogP contribution in [0.2, 0.25) is 0 Å². The van der Waals surface area contributed by atoms with E-state index in [0.717, 1.165) is 38.3 Å². The number of nitrogen functional groups attached to an aromatic ring is 1. The number of nitrogens with two attached hydrogens (primary N) is 1. The molecule has 1 aliphatic heterocycles. The number of nitrogens with zero attached hydrogens (tertiary/aromatic N) is 3. The summed E-state index contributed by atoms with van der Waals surface area (Å²) < 4.78 is 0. The summed E-state index contributed by atoms with van der Waals surface area (Å²) in [5.74, 6) is 1.06. The van der Waals surface area contributed by atoms with Crippen molar-refractivity contribution >= 4 is 11.7 Å². The van der Waals surface area contributed by atoms with Crippen molar-refractivity contribution in [3.05, 3.63) is 23.9 Å². The van der Waals surface area contributed by atoms with Gasteiger partial charge < -0.3 is 15.5 Å². The Bertz CT molecular complexity index is 428. The Morgan fingerprint density at radius 2 is 2.26 bits per heavy atom. The Balaban J connectivity index is 2.20. The summed E-state index contributed by atoms with van der Waals surface area (Å²) in [7, 11) is 2.18. The fourth-order valence-electron chi connectivity index (χ4n) is 2.61. The molecule has 5 heteroatoms. The standard InChI is InChI=1S/C14H23N5/c1-3-12-10-18(2)7-4-8-19(12)13-6-5-11(9-17-13)14(15)16/h5-6,9,12H,3-4,7-8,10H2,1-2H3,(H3,15,16). The quantitative estimate of drug-likeness (QED) is 0.635. The van der Waals surface area contributed by atoms with E-state index in [-0.39, 0.29) is 5.84 Å². The Kier molecular flexibility index (Phi) is 4.37. The number of hydrogen-bond acceptors (Lipinski definition) is 4. The van der Waals surface area contributed by atoms with Crippen LogP contribution in [0.5, 0.6) is 0 Å². The van der Waals surface area contributed by atoms with Crippen molar-refractivity contribution in [2.45, 2.75) is 25.8 Å². The van der Waals surface area contributed by atoms with Crippen LogP contribution < -0.4 is 10.6 Å². The van der Waals surface area contributed by atoms with E-state index in [1.165, 1.54) is 0 Å². The Hall–Kier alpha value is -1.62. The molecule has 0 aliphatic carbocycles. The van der Waals surface area contributed by atoms with Gasteiger partial charge in [-0.15, -0.1) is 0 Å². The van der Waals surface area contributed by atoms with Gasteiger partial charge in [-0.25, -0.2) is 4.98 Å². The molecule has 0 bridgehead atoms. The van der Waals surface area contributed by atoms with Crippen LogP contribution in [0.4, 0.5) is 5.82 Å². The van der Waals surface area contributed by atoms with Gasteiger partial charge in [0.1, 0.15) is 11.7 Å². The molecule has 1 aromatic heterocycles. The molecule has 104 valence electrons. The summed E-state index contributed by atoms with van der Waals surface area (Å²) in [6.45, 7) is 5.47. The molecule has 2 heterocycles. The third-order valence-corrected chi connectivity index (χ3v) is 3.73. The molecule has 0 aromatic carbocycles. The van der Waals surface area contributed by atoms with Crippen molar-refractivity contribution in [1.29, 1.82) is 5.41 Å². The van der Waals surface area contributed by atoms with E-state index in [9.17, 15) is 0 Å². The highest BCUT2D eigenvalue weighted by atomic mass is 15.3. The third-order valence-electron chi connectivity index (χ3n) is 3.73. The lowest BCUT2D eigenvalue weighted by atomic mass is 10.1. The minimum absolute atomic E-state index is 0.0710. The molecule has 0 amide bonds. The lowest BCUT2D eigenvalue weighted by Gasteiger charge is -2.31. The van der Waals surface area contributed by atoms with Gasteiger partial charge in [0.15, 0.2) is 0 Å². The summed E-state index contributed by atoms with van der Waals surface area (Å²) in [5, 5.41) is 7.41.